The van der Waals surface area contributed by atoms with E-state index < -0.39 is 0 Å². The largest absolute Gasteiger partial charge is 0.355 e. The fourth-order valence-corrected chi connectivity index (χ4v) is 4.02. The number of rotatable bonds is 4. The van der Waals surface area contributed by atoms with Crippen LogP contribution in [0, 0.1) is 0 Å². The van der Waals surface area contributed by atoms with Crippen LogP contribution in [0.4, 0.5) is 22.0 Å². The Hall–Kier alpha value is -3.87. The molecule has 150 valence electrons. The van der Waals surface area contributed by atoms with Gasteiger partial charge in [0.15, 0.2) is 0 Å². The molecule has 1 atom stereocenters. The number of nitrogens with zero attached hydrogens (tertiary/aromatic N) is 3. The van der Waals surface area contributed by atoms with Crippen LogP contribution in [0.25, 0.3) is 11.0 Å². The summed E-state index contributed by atoms with van der Waals surface area (Å²) in [4.78, 5) is 26.6. The lowest BCUT2D eigenvalue weighted by Crippen LogP contribution is -2.21. The Labute approximate surface area is 174 Å². The number of aromatic nitrogens is 3. The molecule has 0 radical (unpaired) electrons. The average Bonchev–Trinajstić information content (AvgIpc) is 3.44. The number of H-pyrrole nitrogens is 1. The van der Waals surface area contributed by atoms with Crippen LogP contribution in [0.2, 0.25) is 0 Å². The van der Waals surface area contributed by atoms with Crippen LogP contribution in [0.3, 0.4) is 0 Å². The predicted octanol–water partition coefficient (Wildman–Crippen LogP) is 4.60. The Morgan fingerprint density at radius 1 is 1.00 bits per heavy atom. The first-order valence-corrected chi connectivity index (χ1v) is 10.0. The highest BCUT2D eigenvalue weighted by molar-refractivity contribution is 5.99. The first-order chi connectivity index (χ1) is 14.8. The molecule has 1 unspecified atom stereocenters. The highest BCUT2D eigenvalue weighted by atomic mass is 16.2. The number of amides is 2. The summed E-state index contributed by atoms with van der Waals surface area (Å²) in [5.74, 6) is 1.35. The molecular weight excluding hydrogens is 376 g/mol. The number of carbonyl (C=O) groups is 1. The van der Waals surface area contributed by atoms with Gasteiger partial charge in [-0.2, -0.15) is 0 Å². The van der Waals surface area contributed by atoms with Crippen molar-refractivity contribution in [2.45, 2.75) is 12.3 Å². The van der Waals surface area contributed by atoms with Crippen molar-refractivity contribution >= 4 is 34.3 Å². The second-order valence-corrected chi connectivity index (χ2v) is 7.44. The van der Waals surface area contributed by atoms with Gasteiger partial charge in [-0.1, -0.05) is 30.3 Å². The van der Waals surface area contributed by atoms with E-state index in [1.165, 1.54) is 5.56 Å². The standard InChI is InChI=1S/C23H22N6O/c30-23(27-18-6-2-1-3-7-18)28-19-8-4-5-16(13-19)17-10-12-29(14-17)22-20-9-11-24-21(20)25-15-26-22/h1-9,11,13,15,17H,10,12,14H2,(H,24,25,26)(H2,27,28,30). The van der Waals surface area contributed by atoms with Gasteiger partial charge in [0.2, 0.25) is 0 Å². The van der Waals surface area contributed by atoms with E-state index in [1.54, 1.807) is 6.33 Å². The molecule has 3 N–H and O–H groups in total. The van der Waals surface area contributed by atoms with Gasteiger partial charge in [-0.05, 0) is 42.3 Å². The van der Waals surface area contributed by atoms with E-state index in [0.717, 1.165) is 47.7 Å². The number of hydrogen-bond acceptors (Lipinski definition) is 4. The molecule has 7 nitrogen and oxygen atoms in total. The first-order valence-electron chi connectivity index (χ1n) is 10.0. The van der Waals surface area contributed by atoms with Gasteiger partial charge in [-0.3, -0.25) is 0 Å². The van der Waals surface area contributed by atoms with Gasteiger partial charge in [0.05, 0.1) is 5.39 Å². The fourth-order valence-electron chi connectivity index (χ4n) is 4.02. The number of para-hydroxylation sites is 1. The molecule has 1 saturated heterocycles. The van der Waals surface area contributed by atoms with Crippen LogP contribution in [-0.2, 0) is 0 Å². The average molecular weight is 398 g/mol. The van der Waals surface area contributed by atoms with Crippen molar-refractivity contribution in [2.75, 3.05) is 28.6 Å². The van der Waals surface area contributed by atoms with Crippen molar-refractivity contribution < 1.29 is 4.79 Å². The number of carbonyl (C=O) groups excluding carboxylic acids is 1. The number of fused-ring (bicyclic) bond motifs is 1. The SMILES string of the molecule is O=C(Nc1ccccc1)Nc1cccc(C2CCN(c3ncnc4[nH]ccc34)C2)c1. The number of aromatic amines is 1. The van der Waals surface area contributed by atoms with Gasteiger partial charge in [-0.25, -0.2) is 14.8 Å². The van der Waals surface area contributed by atoms with E-state index in [0.29, 0.717) is 5.92 Å². The molecule has 1 aliphatic rings. The van der Waals surface area contributed by atoms with E-state index in [2.05, 4.69) is 42.6 Å². The van der Waals surface area contributed by atoms with Crippen LogP contribution in [0.1, 0.15) is 17.9 Å². The van der Waals surface area contributed by atoms with Crippen LogP contribution in [0.5, 0.6) is 0 Å². The molecule has 2 aromatic heterocycles. The third kappa shape index (κ3) is 3.69. The normalized spacial score (nSPS) is 16.0. The number of hydrogen-bond donors (Lipinski definition) is 3. The summed E-state index contributed by atoms with van der Waals surface area (Å²) in [6, 6.07) is 19.3. The van der Waals surface area contributed by atoms with Gasteiger partial charge in [0, 0.05) is 36.6 Å². The minimum atomic E-state index is -0.248. The Morgan fingerprint density at radius 3 is 2.73 bits per heavy atom. The molecule has 1 fully saturated rings. The molecule has 0 saturated carbocycles. The maximum absolute atomic E-state index is 12.3. The van der Waals surface area contributed by atoms with E-state index in [1.807, 2.05) is 54.7 Å². The topological polar surface area (TPSA) is 85.9 Å². The number of nitrogens with one attached hydrogen (secondary N) is 3. The van der Waals surface area contributed by atoms with Crippen LogP contribution in [-0.4, -0.2) is 34.1 Å². The number of benzene rings is 2. The summed E-state index contributed by atoms with van der Waals surface area (Å²) in [5, 5.41) is 6.82. The summed E-state index contributed by atoms with van der Waals surface area (Å²) in [5.41, 5.74) is 3.63. The molecule has 0 bridgehead atoms. The minimum absolute atomic E-state index is 0.248. The quantitative estimate of drug-likeness (QED) is 0.469. The second kappa shape index (κ2) is 7.87. The van der Waals surface area contributed by atoms with Crippen molar-refractivity contribution in [2.24, 2.45) is 0 Å². The summed E-state index contributed by atoms with van der Waals surface area (Å²) in [7, 11) is 0. The Morgan fingerprint density at radius 2 is 1.83 bits per heavy atom. The van der Waals surface area contributed by atoms with Crippen molar-refractivity contribution in [3.63, 3.8) is 0 Å². The zero-order valence-electron chi connectivity index (χ0n) is 16.4. The van der Waals surface area contributed by atoms with Crippen LogP contribution in [0.15, 0.2) is 73.2 Å². The monoisotopic (exact) mass is 398 g/mol. The Kier molecular flexibility index (Phi) is 4.77. The molecule has 1 aliphatic heterocycles. The van der Waals surface area contributed by atoms with Crippen molar-refractivity contribution in [3.8, 4) is 0 Å². The summed E-state index contributed by atoms with van der Waals surface area (Å²) >= 11 is 0. The lowest BCUT2D eigenvalue weighted by molar-refractivity contribution is 0.262. The number of urea groups is 1. The molecule has 30 heavy (non-hydrogen) atoms. The summed E-state index contributed by atoms with van der Waals surface area (Å²) in [6.07, 6.45) is 4.54. The van der Waals surface area contributed by atoms with Gasteiger partial charge in [0.25, 0.3) is 0 Å². The molecule has 5 rings (SSSR count). The third-order valence-electron chi connectivity index (χ3n) is 5.47. The maximum atomic E-state index is 12.3. The van der Waals surface area contributed by atoms with Crippen molar-refractivity contribution in [1.29, 1.82) is 0 Å². The van der Waals surface area contributed by atoms with Gasteiger partial charge in [-0.15, -0.1) is 0 Å². The highest BCUT2D eigenvalue weighted by Crippen LogP contribution is 2.33. The molecule has 2 amide bonds. The van der Waals surface area contributed by atoms with E-state index in [9.17, 15) is 4.79 Å². The molecule has 0 spiro atoms. The van der Waals surface area contributed by atoms with E-state index in [4.69, 9.17) is 0 Å². The fraction of sp³-hybridized carbons (Fsp3) is 0.174. The zero-order valence-corrected chi connectivity index (χ0v) is 16.4. The molecule has 2 aromatic carbocycles. The molecule has 0 aliphatic carbocycles. The van der Waals surface area contributed by atoms with E-state index >= 15 is 0 Å². The maximum Gasteiger partial charge on any atom is 0.323 e. The summed E-state index contributed by atoms with van der Waals surface area (Å²) in [6.45, 7) is 1.82. The number of anilines is 3. The second-order valence-electron chi connectivity index (χ2n) is 7.44. The lowest BCUT2D eigenvalue weighted by Gasteiger charge is -2.18. The highest BCUT2D eigenvalue weighted by Gasteiger charge is 2.26. The van der Waals surface area contributed by atoms with Crippen LogP contribution < -0.4 is 15.5 Å². The Bertz CT molecular complexity index is 1170. The van der Waals surface area contributed by atoms with Crippen LogP contribution >= 0.6 is 0 Å². The molecular formula is C23H22N6O. The summed E-state index contributed by atoms with van der Waals surface area (Å²) < 4.78 is 0. The lowest BCUT2D eigenvalue weighted by atomic mass is 9.98. The zero-order chi connectivity index (χ0) is 20.3. The predicted molar refractivity (Wildman–Crippen MR) is 119 cm³/mol. The van der Waals surface area contributed by atoms with E-state index in [-0.39, 0.29) is 6.03 Å². The van der Waals surface area contributed by atoms with Gasteiger partial charge >= 0.3 is 6.03 Å². The van der Waals surface area contributed by atoms with Gasteiger partial charge < -0.3 is 20.5 Å². The molecule has 7 heteroatoms. The van der Waals surface area contributed by atoms with Crippen molar-refractivity contribution in [3.05, 3.63) is 78.8 Å². The van der Waals surface area contributed by atoms with Crippen molar-refractivity contribution in [1.82, 2.24) is 15.0 Å². The smallest absolute Gasteiger partial charge is 0.323 e. The molecule has 3 heterocycles. The molecule has 4 aromatic rings. The first kappa shape index (κ1) is 18.2. The Balaban J connectivity index is 1.28. The minimum Gasteiger partial charge on any atom is -0.355 e. The van der Waals surface area contributed by atoms with Gasteiger partial charge in [0.1, 0.15) is 17.8 Å². The third-order valence-corrected chi connectivity index (χ3v) is 5.47.